The maximum Gasteiger partial charge on any atom is 0.331 e. The van der Waals surface area contributed by atoms with E-state index < -0.39 is 37.0 Å². The Morgan fingerprint density at radius 2 is 1.93 bits per heavy atom. The first-order valence-corrected chi connectivity index (χ1v) is 9.18. The fourth-order valence-electron chi connectivity index (χ4n) is 2.79. The minimum absolute atomic E-state index is 0.360. The lowest BCUT2D eigenvalue weighted by atomic mass is 9.97. The van der Waals surface area contributed by atoms with Crippen LogP contribution in [-0.2, 0) is 14.3 Å². The highest BCUT2D eigenvalue weighted by Crippen LogP contribution is 2.19. The number of hydrogen-bond acceptors (Lipinski definition) is 5. The van der Waals surface area contributed by atoms with Gasteiger partial charge in [0.1, 0.15) is 0 Å². The van der Waals surface area contributed by atoms with Crippen molar-refractivity contribution in [1.29, 1.82) is 0 Å². The molecule has 27 heavy (non-hydrogen) atoms. The van der Waals surface area contributed by atoms with Crippen LogP contribution in [0.15, 0.2) is 42.0 Å². The first kappa shape index (κ1) is 20.6. The van der Waals surface area contributed by atoms with E-state index in [9.17, 15) is 19.5 Å². The molecule has 0 saturated carbocycles. The largest absolute Gasteiger partial charge is 0.454 e. The Hall–Kier alpha value is -2.67. The number of aliphatic hydroxyl groups is 1. The van der Waals surface area contributed by atoms with Crippen LogP contribution in [0, 0.1) is 0 Å². The second kappa shape index (κ2) is 11.1. The number of rotatable bonds is 9. The molecule has 2 rings (SSSR count). The maximum atomic E-state index is 12.0. The van der Waals surface area contributed by atoms with Gasteiger partial charge in [0.25, 0.3) is 11.8 Å². The van der Waals surface area contributed by atoms with Crippen molar-refractivity contribution in [3.8, 4) is 0 Å². The number of hydrogen-bond donors (Lipinski definition) is 3. The summed E-state index contributed by atoms with van der Waals surface area (Å²) >= 11 is 0. The van der Waals surface area contributed by atoms with Crippen LogP contribution in [0.4, 0.5) is 0 Å². The molecular formula is C20H26N2O5. The first-order chi connectivity index (χ1) is 13.1. The van der Waals surface area contributed by atoms with Crippen LogP contribution < -0.4 is 10.6 Å². The monoisotopic (exact) mass is 374 g/mol. The van der Waals surface area contributed by atoms with E-state index in [0.717, 1.165) is 19.3 Å². The number of carbonyl (C=O) groups excluding carboxylic acids is 3. The summed E-state index contributed by atoms with van der Waals surface area (Å²) in [4.78, 5) is 35.8. The summed E-state index contributed by atoms with van der Waals surface area (Å²) in [5.41, 5.74) is 1.71. The van der Waals surface area contributed by atoms with Gasteiger partial charge in [-0.15, -0.1) is 0 Å². The molecule has 1 aromatic carbocycles. The molecule has 0 bridgehead atoms. The highest BCUT2D eigenvalue weighted by atomic mass is 16.5. The van der Waals surface area contributed by atoms with Gasteiger partial charge in [-0.2, -0.15) is 0 Å². The average molecular weight is 374 g/mol. The molecule has 0 spiro atoms. The van der Waals surface area contributed by atoms with Gasteiger partial charge in [-0.3, -0.25) is 9.59 Å². The maximum absolute atomic E-state index is 12.0. The van der Waals surface area contributed by atoms with Crippen LogP contribution >= 0.6 is 0 Å². The van der Waals surface area contributed by atoms with Gasteiger partial charge in [0.15, 0.2) is 12.6 Å². The second-order valence-corrected chi connectivity index (χ2v) is 6.39. The number of allylic oxidation sites excluding steroid dienone is 1. The fraction of sp³-hybridized carbons (Fsp3) is 0.450. The minimum Gasteiger partial charge on any atom is -0.454 e. The Morgan fingerprint density at radius 1 is 1.15 bits per heavy atom. The number of ether oxygens (including phenoxy) is 1. The Kier molecular flexibility index (Phi) is 8.51. The van der Waals surface area contributed by atoms with Crippen molar-refractivity contribution in [3.05, 3.63) is 47.5 Å². The minimum atomic E-state index is -1.22. The third-order valence-corrected chi connectivity index (χ3v) is 4.31. The topological polar surface area (TPSA) is 105 Å². The molecule has 0 heterocycles. The number of aliphatic hydroxyl groups excluding tert-OH is 1. The van der Waals surface area contributed by atoms with E-state index in [-0.39, 0.29) is 0 Å². The predicted octanol–water partition coefficient (Wildman–Crippen LogP) is 1.33. The van der Waals surface area contributed by atoms with Gasteiger partial charge in [-0.1, -0.05) is 29.8 Å². The lowest BCUT2D eigenvalue weighted by Crippen LogP contribution is -2.45. The van der Waals surface area contributed by atoms with E-state index in [2.05, 4.69) is 16.7 Å². The van der Waals surface area contributed by atoms with Gasteiger partial charge in [0, 0.05) is 12.1 Å². The van der Waals surface area contributed by atoms with E-state index >= 15 is 0 Å². The van der Waals surface area contributed by atoms with Crippen molar-refractivity contribution >= 4 is 17.8 Å². The van der Waals surface area contributed by atoms with Gasteiger partial charge in [0.2, 0.25) is 0 Å². The van der Waals surface area contributed by atoms with E-state index in [1.165, 1.54) is 18.4 Å². The highest BCUT2D eigenvalue weighted by Gasteiger charge is 2.22. The van der Waals surface area contributed by atoms with Crippen LogP contribution in [0.3, 0.4) is 0 Å². The Labute approximate surface area is 158 Å². The van der Waals surface area contributed by atoms with Crippen molar-refractivity contribution in [2.24, 2.45) is 0 Å². The van der Waals surface area contributed by atoms with Crippen LogP contribution in [0.2, 0.25) is 0 Å². The quantitative estimate of drug-likeness (QED) is 0.447. The van der Waals surface area contributed by atoms with Crippen molar-refractivity contribution in [3.63, 3.8) is 0 Å². The van der Waals surface area contributed by atoms with E-state index in [4.69, 9.17) is 4.74 Å². The predicted molar refractivity (Wildman–Crippen MR) is 99.9 cm³/mol. The molecule has 0 aromatic heterocycles. The van der Waals surface area contributed by atoms with Crippen molar-refractivity contribution in [1.82, 2.24) is 10.6 Å². The molecule has 1 aromatic rings. The van der Waals surface area contributed by atoms with Gasteiger partial charge >= 0.3 is 5.97 Å². The number of carbonyl (C=O) groups is 3. The zero-order valence-corrected chi connectivity index (χ0v) is 15.3. The van der Waals surface area contributed by atoms with Crippen molar-refractivity contribution in [2.75, 3.05) is 19.8 Å². The molecule has 7 nitrogen and oxygen atoms in total. The smallest absolute Gasteiger partial charge is 0.331 e. The van der Waals surface area contributed by atoms with Crippen LogP contribution in [-0.4, -0.2) is 48.7 Å². The lowest BCUT2D eigenvalue weighted by Gasteiger charge is -2.16. The average Bonchev–Trinajstić information content (AvgIpc) is 2.71. The fourth-order valence-corrected chi connectivity index (χ4v) is 2.79. The van der Waals surface area contributed by atoms with E-state index in [1.807, 2.05) is 0 Å². The molecule has 1 aliphatic rings. The molecule has 0 saturated heterocycles. The molecule has 7 heteroatoms. The normalized spacial score (nSPS) is 14.6. The SMILES string of the molecule is O=C(COC(=O)C(CO)NC(=O)c1ccccc1)NCCC1=CCCCC1. The first-order valence-electron chi connectivity index (χ1n) is 9.18. The molecule has 1 aliphatic carbocycles. The number of benzene rings is 1. The molecular weight excluding hydrogens is 348 g/mol. The highest BCUT2D eigenvalue weighted by molar-refractivity contribution is 5.97. The zero-order valence-electron chi connectivity index (χ0n) is 15.3. The van der Waals surface area contributed by atoms with E-state index in [1.54, 1.807) is 30.3 Å². The summed E-state index contributed by atoms with van der Waals surface area (Å²) < 4.78 is 4.90. The number of esters is 1. The molecule has 0 aliphatic heterocycles. The van der Waals surface area contributed by atoms with Crippen LogP contribution in [0.25, 0.3) is 0 Å². The van der Waals surface area contributed by atoms with Crippen molar-refractivity contribution < 1.29 is 24.2 Å². The standard InChI is InChI=1S/C20H26N2O5/c23-13-17(22-19(25)16-9-5-2-6-10-16)20(26)27-14-18(24)21-12-11-15-7-3-1-4-8-15/h2,5-7,9-10,17,23H,1,3-4,8,11-14H2,(H,21,24)(H,22,25). The summed E-state index contributed by atoms with van der Waals surface area (Å²) in [5, 5.41) is 14.4. The molecule has 0 radical (unpaired) electrons. The molecule has 1 unspecified atom stereocenters. The lowest BCUT2D eigenvalue weighted by molar-refractivity contribution is -0.151. The molecule has 1 atom stereocenters. The van der Waals surface area contributed by atoms with Crippen LogP contribution in [0.5, 0.6) is 0 Å². The van der Waals surface area contributed by atoms with Gasteiger partial charge < -0.3 is 20.5 Å². The zero-order chi connectivity index (χ0) is 19.5. The van der Waals surface area contributed by atoms with Crippen molar-refractivity contribution in [2.45, 2.75) is 38.1 Å². The molecule has 146 valence electrons. The van der Waals surface area contributed by atoms with Gasteiger partial charge in [-0.05, 0) is 44.2 Å². The summed E-state index contributed by atoms with van der Waals surface area (Å²) in [6.45, 7) is -0.570. The Bertz CT molecular complexity index is 672. The molecule has 2 amide bonds. The molecule has 3 N–H and O–H groups in total. The second-order valence-electron chi connectivity index (χ2n) is 6.39. The summed E-state index contributed by atoms with van der Waals surface area (Å²) in [7, 11) is 0. The number of nitrogens with one attached hydrogen (secondary N) is 2. The van der Waals surface area contributed by atoms with E-state index in [0.29, 0.717) is 12.1 Å². The van der Waals surface area contributed by atoms with Gasteiger partial charge in [0.05, 0.1) is 6.61 Å². The summed E-state index contributed by atoms with van der Waals surface area (Å²) in [6.07, 6.45) is 7.60. The Balaban J connectivity index is 1.69. The third kappa shape index (κ3) is 7.22. The summed E-state index contributed by atoms with van der Waals surface area (Å²) in [6, 6.07) is 7.09. The Morgan fingerprint density at radius 3 is 2.59 bits per heavy atom. The van der Waals surface area contributed by atoms with Gasteiger partial charge in [-0.25, -0.2) is 4.79 Å². The molecule has 0 fully saturated rings. The van der Waals surface area contributed by atoms with Crippen LogP contribution in [0.1, 0.15) is 42.5 Å². The number of amides is 2. The summed E-state index contributed by atoms with van der Waals surface area (Å²) in [5.74, 6) is -1.77. The third-order valence-electron chi connectivity index (χ3n) is 4.31.